The molecule has 1 aliphatic rings. The van der Waals surface area contributed by atoms with Gasteiger partial charge in [0.1, 0.15) is 5.75 Å². The van der Waals surface area contributed by atoms with Crippen LogP contribution in [-0.2, 0) is 0 Å². The minimum atomic E-state index is -1.45. The molecule has 1 aromatic carbocycles. The van der Waals surface area contributed by atoms with Crippen LogP contribution in [0.25, 0.3) is 0 Å². The van der Waals surface area contributed by atoms with Crippen LogP contribution in [0.5, 0.6) is 5.75 Å². The van der Waals surface area contributed by atoms with E-state index in [1.807, 2.05) is 0 Å². The van der Waals surface area contributed by atoms with E-state index in [2.05, 4.69) is 0 Å². The summed E-state index contributed by atoms with van der Waals surface area (Å²) < 4.78 is 43.8. The van der Waals surface area contributed by atoms with Gasteiger partial charge in [-0.15, -0.1) is 0 Å². The molecule has 1 fully saturated rings. The van der Waals surface area contributed by atoms with Crippen LogP contribution >= 0.6 is 0 Å². The van der Waals surface area contributed by atoms with Crippen molar-refractivity contribution < 1.29 is 17.9 Å². The maximum Gasteiger partial charge on any atom is 0.194 e. The molecule has 2 rings (SSSR count). The average molecular weight is 244 g/mol. The minimum absolute atomic E-state index is 0.0620. The number of halogens is 3. The van der Waals surface area contributed by atoms with Crippen LogP contribution in [0, 0.1) is 23.4 Å². The fraction of sp³-hybridized carbons (Fsp3) is 0.538. The Morgan fingerprint density at radius 1 is 1.00 bits per heavy atom. The van der Waals surface area contributed by atoms with Gasteiger partial charge in [0.05, 0.1) is 6.61 Å². The van der Waals surface area contributed by atoms with Gasteiger partial charge < -0.3 is 4.74 Å². The molecule has 4 heteroatoms. The molecule has 0 unspecified atom stereocenters. The first-order chi connectivity index (χ1) is 8.16. The largest absolute Gasteiger partial charge is 0.493 e. The van der Waals surface area contributed by atoms with E-state index >= 15 is 0 Å². The third-order valence-corrected chi connectivity index (χ3v) is 3.17. The molecule has 0 aliphatic heterocycles. The number of hydrogen-bond donors (Lipinski definition) is 0. The van der Waals surface area contributed by atoms with E-state index in [1.165, 1.54) is 19.3 Å². The van der Waals surface area contributed by atoms with Crippen LogP contribution in [0.4, 0.5) is 13.2 Å². The normalized spacial score (nSPS) is 17.1. The lowest BCUT2D eigenvalue weighted by atomic mass is 9.90. The van der Waals surface area contributed by atoms with Gasteiger partial charge in [0.15, 0.2) is 17.5 Å². The summed E-state index contributed by atoms with van der Waals surface area (Å²) >= 11 is 0. The summed E-state index contributed by atoms with van der Waals surface area (Å²) in [6, 6.07) is 1.78. The van der Waals surface area contributed by atoms with Crippen LogP contribution < -0.4 is 4.74 Å². The molecule has 0 saturated heterocycles. The van der Waals surface area contributed by atoms with Crippen LogP contribution in [0.3, 0.4) is 0 Å². The molecule has 1 aliphatic carbocycles. The Balaban J connectivity index is 1.94. The highest BCUT2D eigenvalue weighted by Gasteiger charge is 2.15. The molecule has 0 heterocycles. The van der Waals surface area contributed by atoms with Crippen molar-refractivity contribution in [1.82, 2.24) is 0 Å². The summed E-state index contributed by atoms with van der Waals surface area (Å²) in [4.78, 5) is 0. The van der Waals surface area contributed by atoms with E-state index in [0.29, 0.717) is 12.5 Å². The Morgan fingerprint density at radius 3 is 2.18 bits per heavy atom. The highest BCUT2D eigenvalue weighted by Crippen LogP contribution is 2.25. The molecule has 17 heavy (non-hydrogen) atoms. The van der Waals surface area contributed by atoms with Crippen molar-refractivity contribution >= 4 is 0 Å². The molecular formula is C13H15F3O. The number of ether oxygens (including phenoxy) is 1. The van der Waals surface area contributed by atoms with Crippen molar-refractivity contribution in [2.75, 3.05) is 6.61 Å². The van der Waals surface area contributed by atoms with Crippen molar-refractivity contribution in [3.63, 3.8) is 0 Å². The van der Waals surface area contributed by atoms with Gasteiger partial charge in [-0.3, -0.25) is 0 Å². The van der Waals surface area contributed by atoms with E-state index < -0.39 is 17.5 Å². The molecule has 1 saturated carbocycles. The Morgan fingerprint density at radius 2 is 1.59 bits per heavy atom. The molecule has 1 nitrogen and oxygen atoms in total. The number of hydrogen-bond acceptors (Lipinski definition) is 1. The summed E-state index contributed by atoms with van der Waals surface area (Å²) in [6.07, 6.45) is 5.79. The van der Waals surface area contributed by atoms with E-state index in [9.17, 15) is 13.2 Å². The zero-order chi connectivity index (χ0) is 12.3. The maximum atomic E-state index is 12.9. The highest BCUT2D eigenvalue weighted by molar-refractivity contribution is 5.25. The minimum Gasteiger partial charge on any atom is -0.493 e. The first-order valence-electron chi connectivity index (χ1n) is 5.94. The third-order valence-electron chi connectivity index (χ3n) is 3.17. The quantitative estimate of drug-likeness (QED) is 0.728. The van der Waals surface area contributed by atoms with Crippen LogP contribution in [0.15, 0.2) is 12.1 Å². The van der Waals surface area contributed by atoms with E-state index in [-0.39, 0.29) is 5.75 Å². The zero-order valence-corrected chi connectivity index (χ0v) is 9.52. The van der Waals surface area contributed by atoms with Gasteiger partial charge in [0.25, 0.3) is 0 Å². The van der Waals surface area contributed by atoms with Crippen molar-refractivity contribution in [2.24, 2.45) is 5.92 Å². The Bertz CT molecular complexity index is 363. The first kappa shape index (κ1) is 12.3. The Hall–Kier alpha value is -1.19. The van der Waals surface area contributed by atoms with Gasteiger partial charge in [-0.2, -0.15) is 0 Å². The second-order valence-corrected chi connectivity index (χ2v) is 4.52. The van der Waals surface area contributed by atoms with Gasteiger partial charge >= 0.3 is 0 Å². The zero-order valence-electron chi connectivity index (χ0n) is 9.52. The van der Waals surface area contributed by atoms with Gasteiger partial charge in [0, 0.05) is 12.1 Å². The predicted molar refractivity (Wildman–Crippen MR) is 58.4 cm³/mol. The topological polar surface area (TPSA) is 9.23 Å². The van der Waals surface area contributed by atoms with Gasteiger partial charge in [-0.1, -0.05) is 19.3 Å². The lowest BCUT2D eigenvalue weighted by molar-refractivity contribution is 0.207. The van der Waals surface area contributed by atoms with Gasteiger partial charge in [-0.05, 0) is 18.8 Å². The molecule has 0 N–H and O–H groups in total. The lowest BCUT2D eigenvalue weighted by Gasteiger charge is -2.21. The number of rotatable bonds is 3. The monoisotopic (exact) mass is 244 g/mol. The van der Waals surface area contributed by atoms with E-state index in [0.717, 1.165) is 25.0 Å². The molecule has 0 amide bonds. The standard InChI is InChI=1S/C13H15F3O/c14-11-6-10(7-12(15)13(11)16)17-8-9-4-2-1-3-5-9/h6-7,9H,1-5,8H2. The van der Waals surface area contributed by atoms with Crippen molar-refractivity contribution in [3.05, 3.63) is 29.6 Å². The summed E-state index contributed by atoms with van der Waals surface area (Å²) in [5, 5.41) is 0. The van der Waals surface area contributed by atoms with Crippen molar-refractivity contribution in [2.45, 2.75) is 32.1 Å². The molecule has 0 radical (unpaired) electrons. The van der Waals surface area contributed by atoms with Gasteiger partial charge in [0.2, 0.25) is 0 Å². The molecule has 0 atom stereocenters. The summed E-state index contributed by atoms with van der Waals surface area (Å²) in [6.45, 7) is 0.449. The summed E-state index contributed by atoms with van der Waals surface area (Å²) in [5.74, 6) is -3.35. The lowest BCUT2D eigenvalue weighted by Crippen LogP contribution is -2.15. The highest BCUT2D eigenvalue weighted by atomic mass is 19.2. The van der Waals surface area contributed by atoms with Crippen molar-refractivity contribution in [1.29, 1.82) is 0 Å². The average Bonchev–Trinajstić information content (AvgIpc) is 2.34. The van der Waals surface area contributed by atoms with Crippen LogP contribution in [0.1, 0.15) is 32.1 Å². The SMILES string of the molecule is Fc1cc(OCC2CCCCC2)cc(F)c1F. The maximum absolute atomic E-state index is 12.9. The fourth-order valence-corrected chi connectivity index (χ4v) is 2.18. The molecule has 0 bridgehead atoms. The molecule has 0 aromatic heterocycles. The first-order valence-corrected chi connectivity index (χ1v) is 5.94. The Labute approximate surface area is 98.6 Å². The van der Waals surface area contributed by atoms with Crippen molar-refractivity contribution in [3.8, 4) is 5.75 Å². The smallest absolute Gasteiger partial charge is 0.194 e. The van der Waals surface area contributed by atoms with Crippen LogP contribution in [-0.4, -0.2) is 6.61 Å². The second-order valence-electron chi connectivity index (χ2n) is 4.52. The number of benzene rings is 1. The Kier molecular flexibility index (Phi) is 3.92. The summed E-state index contributed by atoms with van der Waals surface area (Å²) in [7, 11) is 0. The predicted octanol–water partition coefficient (Wildman–Crippen LogP) is 4.06. The van der Waals surface area contributed by atoms with E-state index in [4.69, 9.17) is 4.74 Å². The fourth-order valence-electron chi connectivity index (χ4n) is 2.18. The van der Waals surface area contributed by atoms with E-state index in [1.54, 1.807) is 0 Å². The molecular weight excluding hydrogens is 229 g/mol. The molecule has 0 spiro atoms. The summed E-state index contributed by atoms with van der Waals surface area (Å²) in [5.41, 5.74) is 0. The van der Waals surface area contributed by atoms with Gasteiger partial charge in [-0.25, -0.2) is 13.2 Å². The third kappa shape index (κ3) is 3.14. The van der Waals surface area contributed by atoms with Crippen LogP contribution in [0.2, 0.25) is 0 Å². The molecule has 1 aromatic rings. The molecule has 94 valence electrons. The second kappa shape index (κ2) is 5.43.